The first-order valence-electron chi connectivity index (χ1n) is 8.14. The Morgan fingerprint density at radius 2 is 2.27 bits per heavy atom. The lowest BCUT2D eigenvalue weighted by molar-refractivity contribution is -0.132. The second kappa shape index (κ2) is 8.68. The molecule has 22 heavy (non-hydrogen) atoms. The van der Waals surface area contributed by atoms with Crippen molar-refractivity contribution in [2.45, 2.75) is 51.7 Å². The van der Waals surface area contributed by atoms with Gasteiger partial charge in [-0.2, -0.15) is 0 Å². The van der Waals surface area contributed by atoms with Crippen LogP contribution in [0.1, 0.15) is 39.5 Å². The molecule has 122 valence electrons. The monoisotopic (exact) mass is 306 g/mol. The van der Waals surface area contributed by atoms with Gasteiger partial charge in [-0.25, -0.2) is 9.97 Å². The Labute approximate surface area is 132 Å². The number of hydrogen-bond acceptors (Lipinski definition) is 5. The Morgan fingerprint density at radius 3 is 3.00 bits per heavy atom. The maximum atomic E-state index is 12.2. The third kappa shape index (κ3) is 4.94. The van der Waals surface area contributed by atoms with Crippen LogP contribution in [0.3, 0.4) is 0 Å². The van der Waals surface area contributed by atoms with Crippen molar-refractivity contribution in [3.05, 3.63) is 18.5 Å². The Hall–Kier alpha value is -1.69. The Balaban J connectivity index is 1.81. The zero-order valence-electron chi connectivity index (χ0n) is 13.5. The molecule has 2 rings (SSSR count). The van der Waals surface area contributed by atoms with Gasteiger partial charge < -0.3 is 15.0 Å². The van der Waals surface area contributed by atoms with Gasteiger partial charge in [0.25, 0.3) is 0 Å². The number of anilines is 1. The first-order chi connectivity index (χ1) is 10.7. The van der Waals surface area contributed by atoms with Gasteiger partial charge in [-0.1, -0.05) is 13.3 Å². The molecule has 2 heterocycles. The van der Waals surface area contributed by atoms with Crippen LogP contribution in [-0.2, 0) is 9.53 Å². The molecule has 1 fully saturated rings. The molecule has 0 aromatic carbocycles. The van der Waals surface area contributed by atoms with E-state index in [1.54, 1.807) is 12.4 Å². The molecule has 6 nitrogen and oxygen atoms in total. The van der Waals surface area contributed by atoms with Gasteiger partial charge in [-0.15, -0.1) is 0 Å². The average Bonchev–Trinajstić information content (AvgIpc) is 2.56. The minimum atomic E-state index is -0.394. The topological polar surface area (TPSA) is 67.3 Å². The Kier molecular flexibility index (Phi) is 6.58. The summed E-state index contributed by atoms with van der Waals surface area (Å²) in [6.07, 6.45) is 7.16. The summed E-state index contributed by atoms with van der Waals surface area (Å²) >= 11 is 0. The van der Waals surface area contributed by atoms with Crippen molar-refractivity contribution in [1.82, 2.24) is 15.3 Å². The summed E-state index contributed by atoms with van der Waals surface area (Å²) in [5.41, 5.74) is 0. The molecule has 0 radical (unpaired) electrons. The molecule has 0 bridgehead atoms. The maximum absolute atomic E-state index is 12.2. The number of ether oxygens (including phenoxy) is 1. The molecule has 0 saturated carbocycles. The predicted molar refractivity (Wildman–Crippen MR) is 85.7 cm³/mol. The Bertz CT molecular complexity index is 455. The quantitative estimate of drug-likeness (QED) is 0.778. The van der Waals surface area contributed by atoms with E-state index < -0.39 is 6.10 Å². The minimum absolute atomic E-state index is 0.0306. The summed E-state index contributed by atoms with van der Waals surface area (Å²) < 4.78 is 5.55. The molecule has 1 amide bonds. The van der Waals surface area contributed by atoms with Crippen LogP contribution in [0.15, 0.2) is 18.5 Å². The predicted octanol–water partition coefficient (Wildman–Crippen LogP) is 1.77. The molecular weight excluding hydrogens is 280 g/mol. The highest BCUT2D eigenvalue weighted by molar-refractivity contribution is 5.80. The van der Waals surface area contributed by atoms with Gasteiger partial charge in [0, 0.05) is 38.1 Å². The van der Waals surface area contributed by atoms with Crippen LogP contribution in [-0.4, -0.2) is 47.7 Å². The average molecular weight is 306 g/mol. The van der Waals surface area contributed by atoms with E-state index in [1.807, 2.05) is 13.0 Å². The normalized spacial score (nSPS) is 19.7. The smallest absolute Gasteiger partial charge is 0.249 e. The van der Waals surface area contributed by atoms with E-state index in [-0.39, 0.29) is 11.9 Å². The summed E-state index contributed by atoms with van der Waals surface area (Å²) in [6, 6.07) is 1.93. The van der Waals surface area contributed by atoms with Crippen LogP contribution in [0.25, 0.3) is 0 Å². The zero-order valence-corrected chi connectivity index (χ0v) is 13.5. The van der Waals surface area contributed by atoms with Gasteiger partial charge in [-0.05, 0) is 32.3 Å². The molecule has 1 saturated heterocycles. The van der Waals surface area contributed by atoms with Gasteiger partial charge in [-0.3, -0.25) is 4.79 Å². The molecular formula is C16H26N4O2. The van der Waals surface area contributed by atoms with Crippen molar-refractivity contribution >= 4 is 11.9 Å². The standard InChI is InChI=1S/C16H26N4O2/c1-3-4-11-22-13(2)15(21)19-14-7-5-10-20(12-14)16-17-8-6-9-18-16/h6,8-9,13-14H,3-5,7,10-12H2,1-2H3,(H,19,21). The van der Waals surface area contributed by atoms with Gasteiger partial charge in [0.15, 0.2) is 0 Å². The number of hydrogen-bond donors (Lipinski definition) is 1. The van der Waals surface area contributed by atoms with E-state index >= 15 is 0 Å². The molecule has 1 aliphatic rings. The van der Waals surface area contributed by atoms with E-state index in [9.17, 15) is 4.79 Å². The highest BCUT2D eigenvalue weighted by atomic mass is 16.5. The van der Waals surface area contributed by atoms with Crippen molar-refractivity contribution < 1.29 is 9.53 Å². The molecule has 0 aliphatic carbocycles. The summed E-state index contributed by atoms with van der Waals surface area (Å²) in [5, 5.41) is 3.08. The number of carbonyl (C=O) groups excluding carboxylic acids is 1. The van der Waals surface area contributed by atoms with E-state index in [1.165, 1.54) is 0 Å². The fraction of sp³-hybridized carbons (Fsp3) is 0.688. The number of nitrogens with zero attached hydrogens (tertiary/aromatic N) is 3. The summed E-state index contributed by atoms with van der Waals surface area (Å²) in [5.74, 6) is 0.700. The Morgan fingerprint density at radius 1 is 1.50 bits per heavy atom. The fourth-order valence-electron chi connectivity index (χ4n) is 2.53. The van der Waals surface area contributed by atoms with Crippen LogP contribution in [0.2, 0.25) is 0 Å². The van der Waals surface area contributed by atoms with Gasteiger partial charge >= 0.3 is 0 Å². The SMILES string of the molecule is CCCCOC(C)C(=O)NC1CCCN(c2ncccn2)C1. The van der Waals surface area contributed by atoms with Crippen molar-refractivity contribution in [1.29, 1.82) is 0 Å². The van der Waals surface area contributed by atoms with E-state index in [2.05, 4.69) is 27.1 Å². The van der Waals surface area contributed by atoms with Crippen LogP contribution >= 0.6 is 0 Å². The number of carbonyl (C=O) groups is 1. The molecule has 1 aromatic heterocycles. The molecule has 2 atom stereocenters. The number of nitrogens with one attached hydrogen (secondary N) is 1. The fourth-order valence-corrected chi connectivity index (χ4v) is 2.53. The molecule has 1 N–H and O–H groups in total. The highest BCUT2D eigenvalue weighted by Gasteiger charge is 2.24. The number of piperidine rings is 1. The molecule has 0 spiro atoms. The first kappa shape index (κ1) is 16.7. The minimum Gasteiger partial charge on any atom is -0.369 e. The van der Waals surface area contributed by atoms with Crippen molar-refractivity contribution in [2.75, 3.05) is 24.6 Å². The molecule has 1 aliphatic heterocycles. The van der Waals surface area contributed by atoms with E-state index in [0.717, 1.165) is 44.7 Å². The second-order valence-electron chi connectivity index (χ2n) is 5.71. The van der Waals surface area contributed by atoms with Crippen LogP contribution < -0.4 is 10.2 Å². The zero-order chi connectivity index (χ0) is 15.8. The van der Waals surface area contributed by atoms with Crippen molar-refractivity contribution in [3.8, 4) is 0 Å². The molecule has 1 aromatic rings. The number of rotatable bonds is 7. The lowest BCUT2D eigenvalue weighted by Crippen LogP contribution is -2.50. The van der Waals surface area contributed by atoms with Crippen molar-refractivity contribution in [2.24, 2.45) is 0 Å². The van der Waals surface area contributed by atoms with Gasteiger partial charge in [0.1, 0.15) is 6.10 Å². The molecule has 2 unspecified atom stereocenters. The van der Waals surface area contributed by atoms with E-state index in [4.69, 9.17) is 4.74 Å². The first-order valence-corrected chi connectivity index (χ1v) is 8.14. The maximum Gasteiger partial charge on any atom is 0.249 e. The lowest BCUT2D eigenvalue weighted by Gasteiger charge is -2.33. The van der Waals surface area contributed by atoms with Crippen LogP contribution in [0, 0.1) is 0 Å². The summed E-state index contributed by atoms with van der Waals surface area (Å²) in [4.78, 5) is 22.8. The van der Waals surface area contributed by atoms with Crippen molar-refractivity contribution in [3.63, 3.8) is 0 Å². The summed E-state index contributed by atoms with van der Waals surface area (Å²) in [7, 11) is 0. The van der Waals surface area contributed by atoms with Crippen LogP contribution in [0.5, 0.6) is 0 Å². The molecule has 6 heteroatoms. The van der Waals surface area contributed by atoms with Gasteiger partial charge in [0.05, 0.1) is 0 Å². The number of aromatic nitrogens is 2. The number of amides is 1. The third-order valence-electron chi connectivity index (χ3n) is 3.84. The van der Waals surface area contributed by atoms with Crippen LogP contribution in [0.4, 0.5) is 5.95 Å². The summed E-state index contributed by atoms with van der Waals surface area (Å²) in [6.45, 7) is 6.23. The third-order valence-corrected chi connectivity index (χ3v) is 3.84. The lowest BCUT2D eigenvalue weighted by atomic mass is 10.1. The van der Waals surface area contributed by atoms with E-state index in [0.29, 0.717) is 6.61 Å². The second-order valence-corrected chi connectivity index (χ2v) is 5.71. The highest BCUT2D eigenvalue weighted by Crippen LogP contribution is 2.15. The van der Waals surface area contributed by atoms with Gasteiger partial charge in [0.2, 0.25) is 11.9 Å². The number of unbranched alkanes of at least 4 members (excludes halogenated alkanes) is 1. The largest absolute Gasteiger partial charge is 0.369 e.